The van der Waals surface area contributed by atoms with Gasteiger partial charge in [-0.3, -0.25) is 9.59 Å². The Morgan fingerprint density at radius 1 is 1.00 bits per heavy atom. The van der Waals surface area contributed by atoms with E-state index in [-0.39, 0.29) is 18.3 Å². The SMILES string of the molecule is CC(C)(Oc1ccc(C(=O)c2ccc(Cl)cc2)cc1)C(=O)O.CCOC(=O)CN. The van der Waals surface area contributed by atoms with Gasteiger partial charge in [0.25, 0.3) is 0 Å². The number of carboxylic acids is 1. The van der Waals surface area contributed by atoms with Crippen LogP contribution >= 0.6 is 11.6 Å². The standard InChI is InChI=1S/C17H15ClO4.C4H9NO2/c1-17(2,16(20)21)22-14-9-5-12(6-10-14)15(19)11-3-7-13(18)8-4-11;1-2-7-4(6)3-5/h3-10H,1-2H3,(H,20,21);2-3,5H2,1H3. The summed E-state index contributed by atoms with van der Waals surface area (Å²) in [6, 6.07) is 13.0. The normalized spacial score (nSPS) is 10.4. The molecule has 0 radical (unpaired) electrons. The molecule has 8 heteroatoms. The maximum absolute atomic E-state index is 12.3. The summed E-state index contributed by atoms with van der Waals surface area (Å²) in [5.41, 5.74) is 4.57. The van der Waals surface area contributed by atoms with Crippen molar-refractivity contribution in [1.82, 2.24) is 0 Å². The number of hydrogen-bond acceptors (Lipinski definition) is 6. The van der Waals surface area contributed by atoms with Crippen LogP contribution in [0.25, 0.3) is 0 Å². The molecule has 0 aromatic heterocycles. The molecule has 7 nitrogen and oxygen atoms in total. The van der Waals surface area contributed by atoms with Crippen molar-refractivity contribution in [2.75, 3.05) is 13.2 Å². The minimum atomic E-state index is -1.33. The van der Waals surface area contributed by atoms with Crippen LogP contribution in [0.15, 0.2) is 48.5 Å². The molecule has 0 saturated heterocycles. The van der Waals surface area contributed by atoms with Gasteiger partial charge >= 0.3 is 11.9 Å². The van der Waals surface area contributed by atoms with E-state index in [1.165, 1.54) is 13.8 Å². The maximum atomic E-state index is 12.3. The quantitative estimate of drug-likeness (QED) is 0.520. The summed E-state index contributed by atoms with van der Waals surface area (Å²) in [5, 5.41) is 9.59. The number of esters is 1. The van der Waals surface area contributed by atoms with Crippen LogP contribution < -0.4 is 10.5 Å². The summed E-state index contributed by atoms with van der Waals surface area (Å²) in [7, 11) is 0. The fourth-order valence-corrected chi connectivity index (χ4v) is 2.13. The summed E-state index contributed by atoms with van der Waals surface area (Å²) >= 11 is 5.79. The van der Waals surface area contributed by atoms with Gasteiger partial charge in [0, 0.05) is 16.1 Å². The van der Waals surface area contributed by atoms with Crippen LogP contribution in [0.4, 0.5) is 0 Å². The molecule has 2 aromatic carbocycles. The first-order valence-electron chi connectivity index (χ1n) is 8.79. The number of ketones is 1. The minimum absolute atomic E-state index is 0.0200. The molecule has 2 rings (SSSR count). The van der Waals surface area contributed by atoms with E-state index in [0.717, 1.165) is 0 Å². The van der Waals surface area contributed by atoms with Crippen molar-refractivity contribution in [3.8, 4) is 5.75 Å². The topological polar surface area (TPSA) is 116 Å². The molecular weight excluding hydrogens is 398 g/mol. The molecular formula is C21H24ClNO6. The Labute approximate surface area is 174 Å². The number of carboxylic acid groups (broad SMARTS) is 1. The van der Waals surface area contributed by atoms with Crippen molar-refractivity contribution < 1.29 is 29.0 Å². The Bertz CT molecular complexity index is 831. The summed E-state index contributed by atoms with van der Waals surface area (Å²) in [6.45, 7) is 5.06. The lowest BCUT2D eigenvalue weighted by molar-refractivity contribution is -0.152. The molecule has 0 aliphatic heterocycles. The van der Waals surface area contributed by atoms with Gasteiger partial charge in [0.05, 0.1) is 13.2 Å². The minimum Gasteiger partial charge on any atom is -0.478 e. The molecule has 156 valence electrons. The third-order valence-electron chi connectivity index (χ3n) is 3.58. The van der Waals surface area contributed by atoms with Crippen molar-refractivity contribution >= 4 is 29.3 Å². The van der Waals surface area contributed by atoms with Gasteiger partial charge in [0.2, 0.25) is 0 Å². The number of rotatable bonds is 7. The fraction of sp³-hybridized carbons (Fsp3) is 0.286. The zero-order chi connectivity index (χ0) is 22.0. The van der Waals surface area contributed by atoms with Gasteiger partial charge in [-0.1, -0.05) is 11.6 Å². The van der Waals surface area contributed by atoms with Gasteiger partial charge in [0.1, 0.15) is 5.75 Å². The highest BCUT2D eigenvalue weighted by atomic mass is 35.5. The Kier molecular flexibility index (Phi) is 9.31. The Hall–Kier alpha value is -2.90. The first kappa shape index (κ1) is 24.1. The second kappa shape index (κ2) is 11.2. The summed E-state index contributed by atoms with van der Waals surface area (Å²) < 4.78 is 9.82. The van der Waals surface area contributed by atoms with E-state index >= 15 is 0 Å². The second-order valence-electron chi connectivity index (χ2n) is 6.29. The molecule has 0 unspecified atom stereocenters. The van der Waals surface area contributed by atoms with Crippen LogP contribution in [0.3, 0.4) is 0 Å². The summed E-state index contributed by atoms with van der Waals surface area (Å²) in [4.78, 5) is 33.4. The highest BCUT2D eigenvalue weighted by molar-refractivity contribution is 6.30. The van der Waals surface area contributed by atoms with Gasteiger partial charge < -0.3 is 20.3 Å². The van der Waals surface area contributed by atoms with Crippen LogP contribution in [0, 0.1) is 0 Å². The van der Waals surface area contributed by atoms with Crippen molar-refractivity contribution in [3.63, 3.8) is 0 Å². The zero-order valence-corrected chi connectivity index (χ0v) is 17.2. The zero-order valence-electron chi connectivity index (χ0n) is 16.5. The Morgan fingerprint density at radius 3 is 1.86 bits per heavy atom. The van der Waals surface area contributed by atoms with Crippen molar-refractivity contribution in [2.45, 2.75) is 26.4 Å². The predicted molar refractivity (Wildman–Crippen MR) is 109 cm³/mol. The molecule has 29 heavy (non-hydrogen) atoms. The predicted octanol–water partition coefficient (Wildman–Crippen LogP) is 3.32. The number of ether oxygens (including phenoxy) is 2. The molecule has 0 aliphatic carbocycles. The Balaban J connectivity index is 0.000000516. The fourth-order valence-electron chi connectivity index (χ4n) is 2.00. The van der Waals surface area contributed by atoms with Crippen LogP contribution in [0.5, 0.6) is 5.75 Å². The number of carbonyl (C=O) groups excluding carboxylic acids is 2. The highest BCUT2D eigenvalue weighted by Gasteiger charge is 2.29. The highest BCUT2D eigenvalue weighted by Crippen LogP contribution is 2.21. The monoisotopic (exact) mass is 421 g/mol. The average Bonchev–Trinajstić information content (AvgIpc) is 2.69. The van der Waals surface area contributed by atoms with E-state index < -0.39 is 11.6 Å². The van der Waals surface area contributed by atoms with Gasteiger partial charge in [-0.15, -0.1) is 0 Å². The molecule has 0 saturated carbocycles. The van der Waals surface area contributed by atoms with E-state index in [1.54, 1.807) is 55.5 Å². The number of aliphatic carboxylic acids is 1. The van der Waals surface area contributed by atoms with Gasteiger partial charge in [-0.05, 0) is 69.3 Å². The van der Waals surface area contributed by atoms with E-state index in [9.17, 15) is 14.4 Å². The lowest BCUT2D eigenvalue weighted by Crippen LogP contribution is -2.37. The summed E-state index contributed by atoms with van der Waals surface area (Å²) in [5.74, 6) is -1.16. The molecule has 0 spiro atoms. The maximum Gasteiger partial charge on any atom is 0.347 e. The molecule has 3 N–H and O–H groups in total. The van der Waals surface area contributed by atoms with Crippen LogP contribution in [-0.2, 0) is 14.3 Å². The number of benzene rings is 2. The van der Waals surface area contributed by atoms with Gasteiger partial charge in [0.15, 0.2) is 11.4 Å². The second-order valence-corrected chi connectivity index (χ2v) is 6.72. The van der Waals surface area contributed by atoms with Crippen molar-refractivity contribution in [2.24, 2.45) is 5.73 Å². The largest absolute Gasteiger partial charge is 0.478 e. The summed E-state index contributed by atoms with van der Waals surface area (Å²) in [6.07, 6.45) is 0. The number of halogens is 1. The van der Waals surface area contributed by atoms with Crippen LogP contribution in [-0.4, -0.2) is 41.6 Å². The van der Waals surface area contributed by atoms with E-state index in [1.807, 2.05) is 0 Å². The smallest absolute Gasteiger partial charge is 0.347 e. The van der Waals surface area contributed by atoms with Crippen molar-refractivity contribution in [1.29, 1.82) is 0 Å². The first-order valence-corrected chi connectivity index (χ1v) is 9.17. The number of hydrogen-bond donors (Lipinski definition) is 2. The average molecular weight is 422 g/mol. The Morgan fingerprint density at radius 2 is 1.48 bits per heavy atom. The third kappa shape index (κ3) is 7.93. The van der Waals surface area contributed by atoms with E-state index in [2.05, 4.69) is 4.74 Å². The van der Waals surface area contributed by atoms with Crippen molar-refractivity contribution in [3.05, 3.63) is 64.7 Å². The lowest BCUT2D eigenvalue weighted by atomic mass is 10.0. The van der Waals surface area contributed by atoms with E-state index in [0.29, 0.717) is 28.5 Å². The molecule has 0 amide bonds. The molecule has 0 fully saturated rings. The van der Waals surface area contributed by atoms with Gasteiger partial charge in [-0.2, -0.15) is 0 Å². The molecule has 0 aliphatic rings. The van der Waals surface area contributed by atoms with E-state index in [4.69, 9.17) is 27.2 Å². The van der Waals surface area contributed by atoms with Crippen LogP contribution in [0.2, 0.25) is 5.02 Å². The third-order valence-corrected chi connectivity index (χ3v) is 3.83. The molecule has 0 atom stereocenters. The van der Waals surface area contributed by atoms with Gasteiger partial charge in [-0.25, -0.2) is 4.79 Å². The number of nitrogens with two attached hydrogens (primary N) is 1. The first-order chi connectivity index (χ1) is 13.6. The molecule has 0 heterocycles. The molecule has 0 bridgehead atoms. The number of carbonyl (C=O) groups is 3. The molecule has 2 aromatic rings. The lowest BCUT2D eigenvalue weighted by Gasteiger charge is -2.21. The van der Waals surface area contributed by atoms with Crippen LogP contribution in [0.1, 0.15) is 36.7 Å².